The number of anilines is 1. The smallest absolute Gasteiger partial charge is 0.351 e. The molecule has 0 unspecified atom stereocenters. The second kappa shape index (κ2) is 9.16. The van der Waals surface area contributed by atoms with Crippen LogP contribution in [-0.4, -0.2) is 23.3 Å². The lowest BCUT2D eigenvalue weighted by molar-refractivity contribution is -0.137. The predicted octanol–water partition coefficient (Wildman–Crippen LogP) is 4.27. The van der Waals surface area contributed by atoms with Crippen LogP contribution in [0.3, 0.4) is 0 Å². The Morgan fingerprint density at radius 1 is 1.04 bits per heavy atom. The molecule has 0 aliphatic rings. The van der Waals surface area contributed by atoms with E-state index >= 15 is 0 Å². The molecule has 1 aromatic carbocycles. The van der Waals surface area contributed by atoms with Gasteiger partial charge in [-0.2, -0.15) is 13.2 Å². The molecule has 0 bridgehead atoms. The first-order valence-corrected chi connectivity index (χ1v) is 8.54. The Balaban J connectivity index is 2.01. The van der Waals surface area contributed by atoms with E-state index in [1.165, 1.54) is 30.5 Å². The number of nitrogens with one attached hydrogen (secondary N) is 2. The van der Waals surface area contributed by atoms with Crippen molar-refractivity contribution in [2.24, 2.45) is 0 Å². The van der Waals surface area contributed by atoms with Gasteiger partial charge < -0.3 is 10.6 Å². The van der Waals surface area contributed by atoms with Gasteiger partial charge in [-0.25, -0.2) is 0 Å². The summed E-state index contributed by atoms with van der Waals surface area (Å²) in [7, 11) is 0. The number of hydrogen-bond acceptors (Lipinski definition) is 3. The highest BCUT2D eigenvalue weighted by atomic mass is 19.4. The Hall–Kier alpha value is -2.90. The molecule has 0 aliphatic heterocycles. The fraction of sp³-hybridized carbons (Fsp3) is 0.316. The standard InChI is InChI=1S/C19H20F3N3O2/c1-2-3-4-10-24-18(27)16-12-13(9-11-23-16)17(26)25-15-7-5-14(6-8-15)19(20,21)22/h5-9,11-12H,2-4,10H2,1H3,(H,24,27)(H,25,26). The monoisotopic (exact) mass is 379 g/mol. The van der Waals surface area contributed by atoms with Crippen LogP contribution in [0.1, 0.15) is 52.6 Å². The van der Waals surface area contributed by atoms with E-state index in [2.05, 4.69) is 22.5 Å². The number of rotatable bonds is 7. The van der Waals surface area contributed by atoms with Gasteiger partial charge in [-0.15, -0.1) is 0 Å². The van der Waals surface area contributed by atoms with E-state index < -0.39 is 17.6 Å². The summed E-state index contributed by atoms with van der Waals surface area (Å²) in [4.78, 5) is 28.3. The minimum atomic E-state index is -4.44. The highest BCUT2D eigenvalue weighted by molar-refractivity contribution is 6.05. The lowest BCUT2D eigenvalue weighted by Gasteiger charge is -2.09. The van der Waals surface area contributed by atoms with Crippen molar-refractivity contribution in [1.29, 1.82) is 0 Å². The van der Waals surface area contributed by atoms with Crippen LogP contribution in [0.5, 0.6) is 0 Å². The Kier molecular flexibility index (Phi) is 6.92. The molecule has 0 atom stereocenters. The number of carbonyl (C=O) groups is 2. The fourth-order valence-corrected chi connectivity index (χ4v) is 2.31. The van der Waals surface area contributed by atoms with Gasteiger partial charge in [-0.3, -0.25) is 14.6 Å². The van der Waals surface area contributed by atoms with Crippen LogP contribution in [0.2, 0.25) is 0 Å². The number of benzene rings is 1. The molecule has 0 spiro atoms. The number of halogens is 3. The summed E-state index contributed by atoms with van der Waals surface area (Å²) in [5.74, 6) is -0.924. The van der Waals surface area contributed by atoms with Crippen LogP contribution in [0, 0.1) is 0 Å². The molecule has 144 valence electrons. The molecule has 0 fully saturated rings. The number of amides is 2. The van der Waals surface area contributed by atoms with Crippen LogP contribution in [-0.2, 0) is 6.18 Å². The molecule has 1 heterocycles. The van der Waals surface area contributed by atoms with E-state index in [4.69, 9.17) is 0 Å². The summed E-state index contributed by atoms with van der Waals surface area (Å²) in [5, 5.41) is 5.23. The molecule has 8 heteroatoms. The molecule has 2 aromatic rings. The fourth-order valence-electron chi connectivity index (χ4n) is 2.31. The molecule has 2 amide bonds. The van der Waals surface area contributed by atoms with Crippen molar-refractivity contribution in [3.8, 4) is 0 Å². The Morgan fingerprint density at radius 3 is 2.37 bits per heavy atom. The minimum Gasteiger partial charge on any atom is -0.351 e. The lowest BCUT2D eigenvalue weighted by atomic mass is 10.1. The number of carbonyl (C=O) groups excluding carboxylic acids is 2. The normalized spacial score (nSPS) is 11.1. The second-order valence-corrected chi connectivity index (χ2v) is 5.92. The number of pyridine rings is 1. The number of unbranched alkanes of at least 4 members (excludes halogenated alkanes) is 2. The third-order valence-corrected chi connectivity index (χ3v) is 3.79. The summed E-state index contributed by atoms with van der Waals surface area (Å²) in [6, 6.07) is 6.88. The Bertz CT molecular complexity index is 790. The third-order valence-electron chi connectivity index (χ3n) is 3.79. The number of nitrogens with zero attached hydrogens (tertiary/aromatic N) is 1. The van der Waals surface area contributed by atoms with Crippen molar-refractivity contribution >= 4 is 17.5 Å². The van der Waals surface area contributed by atoms with Gasteiger partial charge >= 0.3 is 6.18 Å². The van der Waals surface area contributed by atoms with Crippen LogP contribution < -0.4 is 10.6 Å². The van der Waals surface area contributed by atoms with Crippen LogP contribution in [0.25, 0.3) is 0 Å². The molecule has 0 saturated carbocycles. The average Bonchev–Trinajstić information content (AvgIpc) is 2.65. The summed E-state index contributed by atoms with van der Waals surface area (Å²) in [6.07, 6.45) is -0.205. The van der Waals surface area contributed by atoms with Crippen molar-refractivity contribution in [3.63, 3.8) is 0 Å². The van der Waals surface area contributed by atoms with E-state index in [1.807, 2.05) is 0 Å². The van der Waals surface area contributed by atoms with E-state index in [0.29, 0.717) is 6.54 Å². The van der Waals surface area contributed by atoms with Gasteiger partial charge in [-0.05, 0) is 42.8 Å². The number of aromatic nitrogens is 1. The van der Waals surface area contributed by atoms with Crippen molar-refractivity contribution in [1.82, 2.24) is 10.3 Å². The highest BCUT2D eigenvalue weighted by Crippen LogP contribution is 2.29. The van der Waals surface area contributed by atoms with Crippen LogP contribution >= 0.6 is 0 Å². The van der Waals surface area contributed by atoms with Gasteiger partial charge in [0.25, 0.3) is 11.8 Å². The zero-order valence-electron chi connectivity index (χ0n) is 14.8. The molecule has 27 heavy (non-hydrogen) atoms. The number of hydrogen-bond donors (Lipinski definition) is 2. The number of alkyl halides is 3. The molecular weight excluding hydrogens is 359 g/mol. The molecule has 0 saturated heterocycles. The van der Waals surface area contributed by atoms with Gasteiger partial charge in [-0.1, -0.05) is 19.8 Å². The van der Waals surface area contributed by atoms with E-state index in [1.54, 1.807) is 0 Å². The molecule has 0 radical (unpaired) electrons. The molecule has 2 rings (SSSR count). The summed E-state index contributed by atoms with van der Waals surface area (Å²) in [5.41, 5.74) is -0.294. The maximum Gasteiger partial charge on any atom is 0.416 e. The lowest BCUT2D eigenvalue weighted by Crippen LogP contribution is -2.25. The van der Waals surface area contributed by atoms with Crippen molar-refractivity contribution in [2.45, 2.75) is 32.4 Å². The van der Waals surface area contributed by atoms with Crippen LogP contribution in [0.4, 0.5) is 18.9 Å². The van der Waals surface area contributed by atoms with Crippen LogP contribution in [0.15, 0.2) is 42.6 Å². The summed E-state index contributed by atoms with van der Waals surface area (Å²) < 4.78 is 37.7. The highest BCUT2D eigenvalue weighted by Gasteiger charge is 2.30. The van der Waals surface area contributed by atoms with E-state index in [-0.39, 0.29) is 22.9 Å². The Morgan fingerprint density at radius 2 is 1.74 bits per heavy atom. The zero-order valence-corrected chi connectivity index (χ0v) is 14.8. The first kappa shape index (κ1) is 20.4. The van der Waals surface area contributed by atoms with Crippen molar-refractivity contribution < 1.29 is 22.8 Å². The van der Waals surface area contributed by atoms with Crippen molar-refractivity contribution in [2.75, 3.05) is 11.9 Å². The van der Waals surface area contributed by atoms with Gasteiger partial charge in [0.15, 0.2) is 0 Å². The molecule has 2 N–H and O–H groups in total. The maximum absolute atomic E-state index is 12.6. The minimum absolute atomic E-state index is 0.103. The zero-order chi connectivity index (χ0) is 19.9. The molecule has 5 nitrogen and oxygen atoms in total. The van der Waals surface area contributed by atoms with E-state index in [9.17, 15) is 22.8 Å². The molecule has 0 aliphatic carbocycles. The predicted molar refractivity (Wildman–Crippen MR) is 95.5 cm³/mol. The van der Waals surface area contributed by atoms with Gasteiger partial charge in [0.1, 0.15) is 5.69 Å². The maximum atomic E-state index is 12.6. The SMILES string of the molecule is CCCCCNC(=O)c1cc(C(=O)Nc2ccc(C(F)(F)F)cc2)ccn1. The largest absolute Gasteiger partial charge is 0.416 e. The summed E-state index contributed by atoms with van der Waals surface area (Å²) in [6.45, 7) is 2.58. The van der Waals surface area contributed by atoms with Gasteiger partial charge in [0, 0.05) is 24.0 Å². The average molecular weight is 379 g/mol. The first-order valence-electron chi connectivity index (χ1n) is 8.54. The second-order valence-electron chi connectivity index (χ2n) is 5.92. The Labute approximate surface area is 155 Å². The van der Waals surface area contributed by atoms with Gasteiger partial charge in [0.05, 0.1) is 5.56 Å². The topological polar surface area (TPSA) is 71.1 Å². The quantitative estimate of drug-likeness (QED) is 0.706. The first-order chi connectivity index (χ1) is 12.8. The van der Waals surface area contributed by atoms with Crippen molar-refractivity contribution in [3.05, 3.63) is 59.4 Å². The van der Waals surface area contributed by atoms with E-state index in [0.717, 1.165) is 31.4 Å². The third kappa shape index (κ3) is 6.09. The van der Waals surface area contributed by atoms with Gasteiger partial charge in [0.2, 0.25) is 0 Å². The molecule has 1 aromatic heterocycles. The molecular formula is C19H20F3N3O2. The summed E-state index contributed by atoms with van der Waals surface area (Å²) >= 11 is 0.